The average Bonchev–Trinajstić information content (AvgIpc) is 2.25. The minimum atomic E-state index is -4.52. The zero-order chi connectivity index (χ0) is 13.5. The lowest BCUT2D eigenvalue weighted by molar-refractivity contribution is -0.140. The third-order valence-electron chi connectivity index (χ3n) is 2.39. The first-order valence-electron chi connectivity index (χ1n) is 4.87. The Morgan fingerprint density at radius 3 is 2.39 bits per heavy atom. The fourth-order valence-electron chi connectivity index (χ4n) is 1.63. The van der Waals surface area contributed by atoms with Crippen LogP contribution in [-0.2, 0) is 6.18 Å². The van der Waals surface area contributed by atoms with Crippen molar-refractivity contribution in [3.05, 3.63) is 33.9 Å². The Hall–Kier alpha value is -1.20. The van der Waals surface area contributed by atoms with Gasteiger partial charge in [-0.25, -0.2) is 4.98 Å². The number of alkyl halides is 3. The summed E-state index contributed by atoms with van der Waals surface area (Å²) in [4.78, 5) is 3.54. The number of fused-ring (bicyclic) bond motifs is 1. The first-order chi connectivity index (χ1) is 8.32. The zero-order valence-corrected chi connectivity index (χ0v) is 10.6. The van der Waals surface area contributed by atoms with Crippen molar-refractivity contribution in [3.8, 4) is 0 Å². The smallest absolute Gasteiger partial charge is 0.387 e. The summed E-state index contributed by atoms with van der Waals surface area (Å²) in [5, 5.41) is 3.58. The van der Waals surface area contributed by atoms with E-state index in [4.69, 9.17) is 23.2 Å². The zero-order valence-electron chi connectivity index (χ0n) is 9.07. The maximum Gasteiger partial charge on any atom is 0.433 e. The van der Waals surface area contributed by atoms with E-state index in [2.05, 4.69) is 10.3 Å². The number of nitrogens with zero attached hydrogens (tertiary/aromatic N) is 1. The van der Waals surface area contributed by atoms with E-state index in [-0.39, 0.29) is 21.2 Å². The predicted octanol–water partition coefficient (Wildman–Crippen LogP) is 4.60. The number of aromatic nitrogens is 1. The van der Waals surface area contributed by atoms with Crippen molar-refractivity contribution in [3.63, 3.8) is 0 Å². The van der Waals surface area contributed by atoms with E-state index in [9.17, 15) is 13.2 Å². The maximum atomic E-state index is 12.7. The second-order valence-electron chi connectivity index (χ2n) is 3.58. The minimum Gasteiger partial charge on any atom is -0.387 e. The van der Waals surface area contributed by atoms with Crippen molar-refractivity contribution in [2.45, 2.75) is 6.18 Å². The molecular weight excluding hydrogens is 288 g/mol. The summed E-state index contributed by atoms with van der Waals surface area (Å²) >= 11 is 11.7. The summed E-state index contributed by atoms with van der Waals surface area (Å²) < 4.78 is 38.0. The molecule has 0 spiro atoms. The van der Waals surface area contributed by atoms with Gasteiger partial charge in [-0.05, 0) is 18.2 Å². The molecule has 1 aromatic heterocycles. The molecule has 0 fully saturated rings. The van der Waals surface area contributed by atoms with Gasteiger partial charge in [0, 0.05) is 23.1 Å². The first kappa shape index (κ1) is 13.2. The molecule has 1 N–H and O–H groups in total. The van der Waals surface area contributed by atoms with E-state index in [1.54, 1.807) is 0 Å². The molecule has 2 aromatic rings. The SMILES string of the molecule is CNc1cc(C(F)(F)F)nc2cc(Cl)cc(Cl)c12. The number of hydrogen-bond donors (Lipinski definition) is 1. The maximum absolute atomic E-state index is 12.7. The molecule has 0 aliphatic rings. The summed E-state index contributed by atoms with van der Waals surface area (Å²) in [7, 11) is 1.51. The molecule has 0 unspecified atom stereocenters. The Balaban J connectivity index is 2.84. The van der Waals surface area contributed by atoms with Gasteiger partial charge in [0.1, 0.15) is 5.69 Å². The lowest BCUT2D eigenvalue weighted by atomic mass is 10.1. The number of anilines is 1. The van der Waals surface area contributed by atoms with Gasteiger partial charge in [0.2, 0.25) is 0 Å². The second-order valence-corrected chi connectivity index (χ2v) is 4.43. The van der Waals surface area contributed by atoms with Gasteiger partial charge < -0.3 is 5.32 Å². The van der Waals surface area contributed by atoms with Gasteiger partial charge in [0.15, 0.2) is 0 Å². The molecule has 18 heavy (non-hydrogen) atoms. The van der Waals surface area contributed by atoms with E-state index in [0.717, 1.165) is 6.07 Å². The second kappa shape index (κ2) is 4.48. The highest BCUT2D eigenvalue weighted by molar-refractivity contribution is 6.39. The molecule has 0 atom stereocenters. The van der Waals surface area contributed by atoms with Crippen molar-refractivity contribution in [1.82, 2.24) is 4.98 Å². The lowest BCUT2D eigenvalue weighted by Gasteiger charge is -2.12. The van der Waals surface area contributed by atoms with Crippen LogP contribution in [0.15, 0.2) is 18.2 Å². The number of benzene rings is 1. The summed E-state index contributed by atoms with van der Waals surface area (Å²) in [6.07, 6.45) is -4.52. The molecule has 2 rings (SSSR count). The van der Waals surface area contributed by atoms with Gasteiger partial charge >= 0.3 is 6.18 Å². The Morgan fingerprint density at radius 2 is 1.83 bits per heavy atom. The number of hydrogen-bond acceptors (Lipinski definition) is 2. The Kier molecular flexibility index (Phi) is 3.29. The number of nitrogens with one attached hydrogen (secondary N) is 1. The van der Waals surface area contributed by atoms with Crippen molar-refractivity contribution < 1.29 is 13.2 Å². The van der Waals surface area contributed by atoms with E-state index in [1.165, 1.54) is 19.2 Å². The van der Waals surface area contributed by atoms with Gasteiger partial charge in [-0.1, -0.05) is 23.2 Å². The van der Waals surface area contributed by atoms with Crippen molar-refractivity contribution in [1.29, 1.82) is 0 Å². The summed E-state index contributed by atoms with van der Waals surface area (Å²) in [6.45, 7) is 0. The molecule has 2 nitrogen and oxygen atoms in total. The van der Waals surface area contributed by atoms with Crippen LogP contribution in [0.2, 0.25) is 10.0 Å². The van der Waals surface area contributed by atoms with Crippen LogP contribution in [0.5, 0.6) is 0 Å². The van der Waals surface area contributed by atoms with Crippen molar-refractivity contribution >= 4 is 39.8 Å². The molecule has 0 saturated heterocycles. The van der Waals surface area contributed by atoms with E-state index in [0.29, 0.717) is 5.39 Å². The Bertz CT molecular complexity index is 611. The molecule has 7 heteroatoms. The summed E-state index contributed by atoms with van der Waals surface area (Å²) in [6, 6.07) is 3.72. The van der Waals surface area contributed by atoms with Crippen LogP contribution in [0.3, 0.4) is 0 Å². The standard InChI is InChI=1S/C11H7Cl2F3N2/c1-17-7-4-9(11(14,15)16)18-8-3-5(12)2-6(13)10(7)8/h2-4H,1H3,(H,17,18). The van der Waals surface area contributed by atoms with Gasteiger partial charge in [0.05, 0.1) is 10.5 Å². The highest BCUT2D eigenvalue weighted by Gasteiger charge is 2.33. The number of rotatable bonds is 1. The molecule has 0 saturated carbocycles. The molecule has 0 radical (unpaired) electrons. The van der Waals surface area contributed by atoms with Crippen LogP contribution in [0.1, 0.15) is 5.69 Å². The third kappa shape index (κ3) is 2.33. The van der Waals surface area contributed by atoms with Gasteiger partial charge in [-0.15, -0.1) is 0 Å². The lowest BCUT2D eigenvalue weighted by Crippen LogP contribution is -2.09. The van der Waals surface area contributed by atoms with E-state index < -0.39 is 11.9 Å². The predicted molar refractivity (Wildman–Crippen MR) is 66.3 cm³/mol. The van der Waals surface area contributed by atoms with Crippen molar-refractivity contribution in [2.75, 3.05) is 12.4 Å². The molecule has 1 aromatic carbocycles. The summed E-state index contributed by atoms with van der Waals surface area (Å²) in [5.41, 5.74) is -0.627. The first-order valence-corrected chi connectivity index (χ1v) is 5.63. The summed E-state index contributed by atoms with van der Waals surface area (Å²) in [5.74, 6) is 0. The van der Waals surface area contributed by atoms with Gasteiger partial charge in [-0.2, -0.15) is 13.2 Å². The van der Waals surface area contributed by atoms with Gasteiger partial charge in [-0.3, -0.25) is 0 Å². The molecular formula is C11H7Cl2F3N2. The van der Waals surface area contributed by atoms with Crippen LogP contribution in [0.4, 0.5) is 18.9 Å². The largest absolute Gasteiger partial charge is 0.433 e. The van der Waals surface area contributed by atoms with Crippen LogP contribution in [-0.4, -0.2) is 12.0 Å². The molecule has 0 aliphatic heterocycles. The quantitative estimate of drug-likeness (QED) is 0.831. The fraction of sp³-hybridized carbons (Fsp3) is 0.182. The van der Waals surface area contributed by atoms with Crippen LogP contribution in [0, 0.1) is 0 Å². The van der Waals surface area contributed by atoms with Crippen LogP contribution >= 0.6 is 23.2 Å². The highest BCUT2D eigenvalue weighted by atomic mass is 35.5. The van der Waals surface area contributed by atoms with Gasteiger partial charge in [0.25, 0.3) is 0 Å². The average molecular weight is 295 g/mol. The molecule has 96 valence electrons. The van der Waals surface area contributed by atoms with Crippen LogP contribution in [0.25, 0.3) is 10.9 Å². The van der Waals surface area contributed by atoms with E-state index in [1.807, 2.05) is 0 Å². The third-order valence-corrected chi connectivity index (χ3v) is 2.90. The molecule has 0 amide bonds. The molecule has 1 heterocycles. The monoisotopic (exact) mass is 294 g/mol. The Labute approximate surface area is 111 Å². The topological polar surface area (TPSA) is 24.9 Å². The number of halogens is 5. The number of pyridine rings is 1. The minimum absolute atomic E-state index is 0.103. The highest BCUT2D eigenvalue weighted by Crippen LogP contribution is 2.37. The molecule has 0 aliphatic carbocycles. The molecule has 0 bridgehead atoms. The fourth-order valence-corrected chi connectivity index (χ4v) is 2.21. The Morgan fingerprint density at radius 1 is 1.17 bits per heavy atom. The van der Waals surface area contributed by atoms with E-state index >= 15 is 0 Å². The van der Waals surface area contributed by atoms with Crippen LogP contribution < -0.4 is 5.32 Å². The van der Waals surface area contributed by atoms with Crippen molar-refractivity contribution in [2.24, 2.45) is 0 Å². The normalized spacial score (nSPS) is 11.9.